The SMILES string of the molecule is CCC1CN(OC(C)=O)CC(CC)C1N.N. The van der Waals surface area contributed by atoms with Gasteiger partial charge >= 0.3 is 5.97 Å². The highest BCUT2D eigenvalue weighted by Crippen LogP contribution is 2.25. The highest BCUT2D eigenvalue weighted by molar-refractivity contribution is 5.65. The summed E-state index contributed by atoms with van der Waals surface area (Å²) in [5.41, 5.74) is 6.17. The van der Waals surface area contributed by atoms with E-state index in [0.29, 0.717) is 11.8 Å². The Hall–Kier alpha value is -0.650. The molecule has 0 bridgehead atoms. The van der Waals surface area contributed by atoms with Crippen molar-refractivity contribution >= 4 is 5.97 Å². The molecular formula is C11H25N3O2. The van der Waals surface area contributed by atoms with Crippen LogP contribution in [0.2, 0.25) is 0 Å². The van der Waals surface area contributed by atoms with Gasteiger partial charge in [0.1, 0.15) is 0 Å². The van der Waals surface area contributed by atoms with E-state index in [1.807, 2.05) is 0 Å². The van der Waals surface area contributed by atoms with Crippen LogP contribution in [0.4, 0.5) is 0 Å². The van der Waals surface area contributed by atoms with E-state index < -0.39 is 0 Å². The molecule has 0 aromatic heterocycles. The first-order valence-electron chi connectivity index (χ1n) is 5.77. The van der Waals surface area contributed by atoms with E-state index in [4.69, 9.17) is 10.6 Å². The molecule has 1 aliphatic rings. The minimum atomic E-state index is -0.241. The van der Waals surface area contributed by atoms with E-state index in [-0.39, 0.29) is 18.2 Å². The number of piperidine rings is 1. The summed E-state index contributed by atoms with van der Waals surface area (Å²) in [5.74, 6) is 0.626. The monoisotopic (exact) mass is 231 g/mol. The van der Waals surface area contributed by atoms with Gasteiger partial charge in [-0.1, -0.05) is 26.7 Å². The van der Waals surface area contributed by atoms with E-state index >= 15 is 0 Å². The van der Waals surface area contributed by atoms with Gasteiger partial charge in [0, 0.05) is 26.1 Å². The number of hydroxylamine groups is 2. The molecule has 1 fully saturated rings. The predicted octanol–water partition coefficient (Wildman–Crippen LogP) is 1.32. The zero-order valence-electron chi connectivity index (χ0n) is 10.6. The molecule has 5 heteroatoms. The van der Waals surface area contributed by atoms with Crippen molar-refractivity contribution in [2.24, 2.45) is 17.6 Å². The third-order valence-electron chi connectivity index (χ3n) is 3.27. The van der Waals surface area contributed by atoms with Crippen LogP contribution in [-0.2, 0) is 9.63 Å². The fourth-order valence-electron chi connectivity index (χ4n) is 2.28. The Balaban J connectivity index is 0.00000225. The van der Waals surface area contributed by atoms with Crippen molar-refractivity contribution < 1.29 is 9.63 Å². The maximum Gasteiger partial charge on any atom is 0.322 e. The summed E-state index contributed by atoms with van der Waals surface area (Å²) in [4.78, 5) is 16.0. The largest absolute Gasteiger partial charge is 0.368 e. The van der Waals surface area contributed by atoms with Gasteiger partial charge in [0.15, 0.2) is 0 Å². The summed E-state index contributed by atoms with van der Waals surface area (Å²) in [6.07, 6.45) is 2.07. The first-order chi connectivity index (χ1) is 7.08. The number of hydrogen-bond donors (Lipinski definition) is 2. The maximum atomic E-state index is 10.9. The number of nitrogens with zero attached hydrogens (tertiary/aromatic N) is 1. The normalized spacial score (nSPS) is 30.6. The molecule has 5 N–H and O–H groups in total. The van der Waals surface area contributed by atoms with Gasteiger partial charge in [0.25, 0.3) is 0 Å². The van der Waals surface area contributed by atoms with E-state index in [0.717, 1.165) is 25.9 Å². The number of carbonyl (C=O) groups excluding carboxylic acids is 1. The zero-order chi connectivity index (χ0) is 11.4. The number of rotatable bonds is 3. The fraction of sp³-hybridized carbons (Fsp3) is 0.909. The molecule has 1 aliphatic heterocycles. The maximum absolute atomic E-state index is 10.9. The Morgan fingerprint density at radius 2 is 1.75 bits per heavy atom. The van der Waals surface area contributed by atoms with Crippen LogP contribution in [0, 0.1) is 11.8 Å². The minimum absolute atomic E-state index is 0. The molecule has 0 aromatic rings. The molecule has 1 saturated heterocycles. The van der Waals surface area contributed by atoms with Crippen LogP contribution in [0.5, 0.6) is 0 Å². The van der Waals surface area contributed by atoms with Crippen LogP contribution in [0.3, 0.4) is 0 Å². The molecule has 96 valence electrons. The average molecular weight is 231 g/mol. The summed E-state index contributed by atoms with van der Waals surface area (Å²) < 4.78 is 0. The van der Waals surface area contributed by atoms with Gasteiger partial charge in [-0.15, -0.1) is 5.06 Å². The number of carbonyl (C=O) groups is 1. The van der Waals surface area contributed by atoms with Crippen LogP contribution in [0.25, 0.3) is 0 Å². The third-order valence-corrected chi connectivity index (χ3v) is 3.27. The van der Waals surface area contributed by atoms with Crippen molar-refractivity contribution in [2.45, 2.75) is 39.7 Å². The first kappa shape index (κ1) is 15.3. The Labute approximate surface area is 97.8 Å². The molecule has 1 rings (SSSR count). The number of nitrogens with two attached hydrogens (primary N) is 1. The van der Waals surface area contributed by atoms with Crippen LogP contribution in [0.1, 0.15) is 33.6 Å². The summed E-state index contributed by atoms with van der Waals surface area (Å²) >= 11 is 0. The van der Waals surface area contributed by atoms with Gasteiger partial charge in [-0.25, -0.2) is 0 Å². The molecule has 1 heterocycles. The molecule has 0 aromatic carbocycles. The molecule has 0 radical (unpaired) electrons. The highest BCUT2D eigenvalue weighted by Gasteiger charge is 2.33. The van der Waals surface area contributed by atoms with E-state index in [9.17, 15) is 4.79 Å². The Bertz CT molecular complexity index is 209. The second-order valence-corrected chi connectivity index (χ2v) is 4.34. The number of hydrogen-bond acceptors (Lipinski definition) is 5. The molecule has 2 unspecified atom stereocenters. The second kappa shape index (κ2) is 6.83. The van der Waals surface area contributed by atoms with Gasteiger partial charge in [0.2, 0.25) is 0 Å². The highest BCUT2D eigenvalue weighted by atomic mass is 16.7. The van der Waals surface area contributed by atoms with Gasteiger partial charge < -0.3 is 16.7 Å². The summed E-state index contributed by atoms with van der Waals surface area (Å²) in [7, 11) is 0. The lowest BCUT2D eigenvalue weighted by atomic mass is 9.82. The zero-order valence-corrected chi connectivity index (χ0v) is 10.6. The Morgan fingerprint density at radius 3 is 2.06 bits per heavy atom. The molecule has 0 saturated carbocycles. The van der Waals surface area contributed by atoms with E-state index in [1.54, 1.807) is 5.06 Å². The standard InChI is InChI=1S/C11H22N2O2.H3N/c1-4-9-6-13(15-8(3)14)7-10(5-2)11(9)12;/h9-11H,4-7,12H2,1-3H3;1H3. The minimum Gasteiger partial charge on any atom is -0.368 e. The van der Waals surface area contributed by atoms with Gasteiger partial charge in [0.05, 0.1) is 0 Å². The van der Waals surface area contributed by atoms with Gasteiger partial charge in [-0.2, -0.15) is 0 Å². The van der Waals surface area contributed by atoms with Crippen molar-refractivity contribution in [3.8, 4) is 0 Å². The van der Waals surface area contributed by atoms with Crippen LogP contribution >= 0.6 is 0 Å². The van der Waals surface area contributed by atoms with Crippen LogP contribution < -0.4 is 11.9 Å². The topological polar surface area (TPSA) is 90.6 Å². The predicted molar refractivity (Wildman–Crippen MR) is 63.9 cm³/mol. The Kier molecular flexibility index (Phi) is 6.55. The smallest absolute Gasteiger partial charge is 0.322 e. The first-order valence-corrected chi connectivity index (χ1v) is 5.77. The van der Waals surface area contributed by atoms with Crippen molar-refractivity contribution in [1.29, 1.82) is 0 Å². The van der Waals surface area contributed by atoms with Crippen molar-refractivity contribution in [3.05, 3.63) is 0 Å². The molecule has 0 spiro atoms. The van der Waals surface area contributed by atoms with Crippen LogP contribution in [-0.4, -0.2) is 30.2 Å². The third kappa shape index (κ3) is 3.73. The van der Waals surface area contributed by atoms with E-state index in [2.05, 4.69) is 13.8 Å². The van der Waals surface area contributed by atoms with Crippen molar-refractivity contribution in [1.82, 2.24) is 11.2 Å². The van der Waals surface area contributed by atoms with Crippen molar-refractivity contribution in [2.75, 3.05) is 13.1 Å². The van der Waals surface area contributed by atoms with Crippen molar-refractivity contribution in [3.63, 3.8) is 0 Å². The van der Waals surface area contributed by atoms with Gasteiger partial charge in [-0.3, -0.25) is 4.79 Å². The molecule has 5 nitrogen and oxygen atoms in total. The average Bonchev–Trinajstić information content (AvgIpc) is 2.19. The lowest BCUT2D eigenvalue weighted by molar-refractivity contribution is -0.202. The molecule has 0 aliphatic carbocycles. The van der Waals surface area contributed by atoms with Crippen LogP contribution in [0.15, 0.2) is 0 Å². The van der Waals surface area contributed by atoms with Gasteiger partial charge in [-0.05, 0) is 11.8 Å². The lowest BCUT2D eigenvalue weighted by Gasteiger charge is -2.40. The van der Waals surface area contributed by atoms with E-state index in [1.165, 1.54) is 6.92 Å². The summed E-state index contributed by atoms with van der Waals surface area (Å²) in [6.45, 7) is 7.25. The summed E-state index contributed by atoms with van der Waals surface area (Å²) in [6, 6.07) is 0.242. The fourth-order valence-corrected chi connectivity index (χ4v) is 2.28. The molecule has 0 amide bonds. The second-order valence-electron chi connectivity index (χ2n) is 4.34. The molecule has 16 heavy (non-hydrogen) atoms. The lowest BCUT2D eigenvalue weighted by Crippen LogP contribution is -2.53. The molecular weight excluding hydrogens is 206 g/mol. The Morgan fingerprint density at radius 1 is 1.31 bits per heavy atom. The molecule has 2 atom stereocenters. The summed E-state index contributed by atoms with van der Waals surface area (Å²) in [5, 5.41) is 1.77. The quantitative estimate of drug-likeness (QED) is 0.764.